The van der Waals surface area contributed by atoms with E-state index in [1.54, 1.807) is 17.6 Å². The van der Waals surface area contributed by atoms with Crippen molar-refractivity contribution in [3.05, 3.63) is 88.1 Å². The molecule has 0 unspecified atom stereocenters. The predicted molar refractivity (Wildman–Crippen MR) is 153 cm³/mol. The fourth-order valence-electron chi connectivity index (χ4n) is 7.28. The third-order valence-electron chi connectivity index (χ3n) is 9.28. The minimum atomic E-state index is -0.248. The maximum Gasteiger partial charge on any atom is 0.216 e. The highest BCUT2D eigenvalue weighted by Gasteiger charge is 2.28. The van der Waals surface area contributed by atoms with E-state index >= 15 is 4.39 Å². The number of rotatable bonds is 3. The van der Waals surface area contributed by atoms with Crippen molar-refractivity contribution < 1.29 is 17.8 Å². The Morgan fingerprint density at radius 3 is 2.26 bits per heavy atom. The van der Waals surface area contributed by atoms with Crippen molar-refractivity contribution >= 4 is 21.9 Å². The Bertz CT molecular complexity index is 1770. The summed E-state index contributed by atoms with van der Waals surface area (Å²) in [4.78, 5) is 0. The predicted octanol–water partition coefficient (Wildman–Crippen LogP) is 9.18. The first-order valence-electron chi connectivity index (χ1n) is 14.4. The van der Waals surface area contributed by atoms with Crippen LogP contribution in [0.3, 0.4) is 0 Å². The molecule has 5 aromatic rings. The number of fused-ring (bicyclic) bond motifs is 4. The summed E-state index contributed by atoms with van der Waals surface area (Å²) in [7, 11) is 1.85. The van der Waals surface area contributed by atoms with Crippen LogP contribution in [-0.4, -0.2) is 0 Å². The Balaban J connectivity index is 1.47. The van der Waals surface area contributed by atoms with Crippen molar-refractivity contribution in [1.82, 2.24) is 0 Å². The highest BCUT2D eigenvalue weighted by atomic mass is 19.1. The second-order valence-electron chi connectivity index (χ2n) is 11.7. The first-order valence-corrected chi connectivity index (χ1v) is 14.4. The quantitative estimate of drug-likeness (QED) is 0.216. The standard InChI is InChI=1S/C35H34F2NO/c1-20-12-13-27-28-16-17-29(36)33(35(28)39-34(27)32(20)31-18-21(2)30(37)19-38(31)3)26-15-14-23(22-8-5-4-6-9-22)24-10-7-11-25(24)26/h12-19,22H,4-11H2,1-3H3/q+1. The van der Waals surface area contributed by atoms with Gasteiger partial charge in [-0.25, -0.2) is 8.78 Å². The van der Waals surface area contributed by atoms with Gasteiger partial charge in [0.1, 0.15) is 24.0 Å². The number of halogens is 2. The van der Waals surface area contributed by atoms with Crippen LogP contribution in [0.4, 0.5) is 8.78 Å². The summed E-state index contributed by atoms with van der Waals surface area (Å²) in [6, 6.07) is 13.9. The first-order chi connectivity index (χ1) is 18.9. The number of hydrogen-bond acceptors (Lipinski definition) is 1. The molecule has 39 heavy (non-hydrogen) atoms. The molecule has 0 radical (unpaired) electrons. The molecule has 1 saturated carbocycles. The minimum absolute atomic E-state index is 0.245. The highest BCUT2D eigenvalue weighted by molar-refractivity contribution is 6.13. The molecule has 0 saturated heterocycles. The number of furan rings is 1. The molecule has 2 heterocycles. The zero-order chi connectivity index (χ0) is 26.8. The molecule has 7 rings (SSSR count). The van der Waals surface area contributed by atoms with Gasteiger partial charge in [-0.2, -0.15) is 4.57 Å². The number of aryl methyl sites for hydroxylation is 3. The van der Waals surface area contributed by atoms with Crippen molar-refractivity contribution in [2.75, 3.05) is 0 Å². The van der Waals surface area contributed by atoms with E-state index in [1.807, 2.05) is 26.1 Å². The maximum absolute atomic E-state index is 15.8. The van der Waals surface area contributed by atoms with Gasteiger partial charge in [-0.15, -0.1) is 0 Å². The first kappa shape index (κ1) is 24.5. The van der Waals surface area contributed by atoms with Gasteiger partial charge in [-0.05, 0) is 97.4 Å². The van der Waals surface area contributed by atoms with Crippen molar-refractivity contribution in [2.45, 2.75) is 71.1 Å². The van der Waals surface area contributed by atoms with Crippen molar-refractivity contribution in [2.24, 2.45) is 7.05 Å². The molecule has 2 aromatic heterocycles. The molecule has 0 amide bonds. The number of hydrogen-bond donors (Lipinski definition) is 0. The molecule has 0 bridgehead atoms. The van der Waals surface area contributed by atoms with Crippen LogP contribution < -0.4 is 4.57 Å². The average Bonchev–Trinajstić information content (AvgIpc) is 3.57. The Morgan fingerprint density at radius 1 is 0.744 bits per heavy atom. The lowest BCUT2D eigenvalue weighted by Gasteiger charge is -2.25. The van der Waals surface area contributed by atoms with E-state index in [-0.39, 0.29) is 11.6 Å². The number of benzene rings is 3. The van der Waals surface area contributed by atoms with Gasteiger partial charge < -0.3 is 4.42 Å². The SMILES string of the molecule is Cc1cc(-c2c(C)ccc3c2oc2c(-c4ccc(C5CCCCC5)c5c4CCC5)c(F)ccc23)[n+](C)cc1F. The lowest BCUT2D eigenvalue weighted by molar-refractivity contribution is -0.662. The molecule has 3 aromatic carbocycles. The second-order valence-corrected chi connectivity index (χ2v) is 11.7. The minimum Gasteiger partial charge on any atom is -0.454 e. The molecule has 0 aliphatic heterocycles. The lowest BCUT2D eigenvalue weighted by atomic mass is 9.80. The molecule has 4 heteroatoms. The topological polar surface area (TPSA) is 17.0 Å². The third-order valence-corrected chi connectivity index (χ3v) is 9.28. The summed E-state index contributed by atoms with van der Waals surface area (Å²) in [6.45, 7) is 3.82. The maximum atomic E-state index is 15.8. The van der Waals surface area contributed by atoms with E-state index in [1.165, 1.54) is 55.0 Å². The summed E-state index contributed by atoms with van der Waals surface area (Å²) >= 11 is 0. The second kappa shape index (κ2) is 9.29. The number of pyridine rings is 1. The Labute approximate surface area is 228 Å². The Morgan fingerprint density at radius 2 is 1.46 bits per heavy atom. The van der Waals surface area contributed by atoms with Crippen LogP contribution in [0, 0.1) is 25.5 Å². The van der Waals surface area contributed by atoms with Gasteiger partial charge in [0.15, 0.2) is 5.82 Å². The zero-order valence-electron chi connectivity index (χ0n) is 23.0. The van der Waals surface area contributed by atoms with Gasteiger partial charge >= 0.3 is 0 Å². The third kappa shape index (κ3) is 3.83. The molecule has 2 aliphatic carbocycles. The Hall–Kier alpha value is -3.53. The zero-order valence-corrected chi connectivity index (χ0v) is 23.0. The normalized spacial score (nSPS) is 15.9. The summed E-state index contributed by atoms with van der Waals surface area (Å²) in [5, 5.41) is 1.86. The fourth-order valence-corrected chi connectivity index (χ4v) is 7.28. The molecule has 0 spiro atoms. The van der Waals surface area contributed by atoms with Gasteiger partial charge in [0.2, 0.25) is 11.9 Å². The van der Waals surface area contributed by atoms with Crippen molar-refractivity contribution in [3.8, 4) is 22.4 Å². The number of nitrogens with zero attached hydrogens (tertiary/aromatic N) is 1. The lowest BCUT2D eigenvalue weighted by Crippen LogP contribution is -2.31. The fraction of sp³-hybridized carbons (Fsp3) is 0.343. The largest absolute Gasteiger partial charge is 0.454 e. The van der Waals surface area contributed by atoms with E-state index in [4.69, 9.17) is 4.42 Å². The summed E-state index contributed by atoms with van der Waals surface area (Å²) in [6.07, 6.45) is 11.2. The van der Waals surface area contributed by atoms with Gasteiger partial charge in [-0.3, -0.25) is 0 Å². The molecule has 198 valence electrons. The van der Waals surface area contributed by atoms with E-state index in [9.17, 15) is 4.39 Å². The molecule has 0 atom stereocenters. The number of aromatic nitrogens is 1. The average molecular weight is 523 g/mol. The van der Waals surface area contributed by atoms with E-state index in [0.29, 0.717) is 28.2 Å². The van der Waals surface area contributed by atoms with Crippen LogP contribution in [-0.2, 0) is 19.9 Å². The van der Waals surface area contributed by atoms with Crippen molar-refractivity contribution in [1.29, 1.82) is 0 Å². The summed E-state index contributed by atoms with van der Waals surface area (Å²) in [5.74, 6) is 0.144. The Kier molecular flexibility index (Phi) is 5.84. The van der Waals surface area contributed by atoms with Gasteiger partial charge in [0, 0.05) is 16.8 Å². The van der Waals surface area contributed by atoms with Crippen LogP contribution in [0.1, 0.15) is 72.3 Å². The van der Waals surface area contributed by atoms with Crippen LogP contribution in [0.2, 0.25) is 0 Å². The van der Waals surface area contributed by atoms with Crippen LogP contribution in [0.15, 0.2) is 53.1 Å². The summed E-state index contributed by atoms with van der Waals surface area (Å²) < 4.78 is 38.6. The molecule has 2 nitrogen and oxygen atoms in total. The highest BCUT2D eigenvalue weighted by Crippen LogP contribution is 2.46. The van der Waals surface area contributed by atoms with Crippen LogP contribution in [0.5, 0.6) is 0 Å². The molecule has 1 fully saturated rings. The molecule has 0 N–H and O–H groups in total. The van der Waals surface area contributed by atoms with E-state index in [2.05, 4.69) is 24.3 Å². The monoisotopic (exact) mass is 522 g/mol. The van der Waals surface area contributed by atoms with E-state index in [0.717, 1.165) is 52.4 Å². The summed E-state index contributed by atoms with van der Waals surface area (Å²) in [5.41, 5.74) is 10.5. The molecular weight excluding hydrogens is 488 g/mol. The van der Waals surface area contributed by atoms with Gasteiger partial charge in [-0.1, -0.05) is 43.5 Å². The smallest absolute Gasteiger partial charge is 0.216 e. The van der Waals surface area contributed by atoms with Crippen LogP contribution in [0.25, 0.3) is 44.3 Å². The van der Waals surface area contributed by atoms with Gasteiger partial charge in [0.05, 0.1) is 11.1 Å². The van der Waals surface area contributed by atoms with E-state index < -0.39 is 0 Å². The van der Waals surface area contributed by atoms with Crippen molar-refractivity contribution in [3.63, 3.8) is 0 Å². The van der Waals surface area contributed by atoms with Gasteiger partial charge in [0.25, 0.3) is 0 Å². The van der Waals surface area contributed by atoms with Crippen LogP contribution >= 0.6 is 0 Å². The molecule has 2 aliphatic rings. The molecular formula is C35H34F2NO+.